The molecule has 0 aliphatic carbocycles. The first-order chi connectivity index (χ1) is 14.5. The standard InChI is InChI=1S/C24H44O6/c1-4-28-22(25)19-15-10-8-7-9-13-17-21(24(27)30-6-3)18-14-11-12-16-20-23(26)29-5-2/h21H,4-20H2,1-3H3. The van der Waals surface area contributed by atoms with Gasteiger partial charge in [-0.15, -0.1) is 0 Å². The van der Waals surface area contributed by atoms with Crippen LogP contribution in [-0.4, -0.2) is 37.7 Å². The Labute approximate surface area is 183 Å². The first-order valence-corrected chi connectivity index (χ1v) is 12.0. The fourth-order valence-electron chi connectivity index (χ4n) is 3.49. The number of esters is 3. The predicted molar refractivity (Wildman–Crippen MR) is 118 cm³/mol. The van der Waals surface area contributed by atoms with Crippen LogP contribution in [0.2, 0.25) is 0 Å². The number of rotatable bonds is 20. The number of hydrogen-bond donors (Lipinski definition) is 0. The molecule has 0 saturated carbocycles. The molecule has 0 aromatic rings. The van der Waals surface area contributed by atoms with Gasteiger partial charge in [0.15, 0.2) is 0 Å². The van der Waals surface area contributed by atoms with Crippen LogP contribution >= 0.6 is 0 Å². The van der Waals surface area contributed by atoms with Gasteiger partial charge in [0.05, 0.1) is 25.7 Å². The van der Waals surface area contributed by atoms with Crippen LogP contribution in [0.4, 0.5) is 0 Å². The number of unbranched alkanes of at least 4 members (excludes halogenated alkanes) is 8. The highest BCUT2D eigenvalue weighted by Crippen LogP contribution is 2.20. The lowest BCUT2D eigenvalue weighted by Crippen LogP contribution is -2.18. The third-order valence-electron chi connectivity index (χ3n) is 5.10. The van der Waals surface area contributed by atoms with Crippen LogP contribution < -0.4 is 0 Å². The molecule has 0 aliphatic rings. The number of ether oxygens (including phenoxy) is 3. The summed E-state index contributed by atoms with van der Waals surface area (Å²) in [5, 5.41) is 0. The van der Waals surface area contributed by atoms with E-state index in [2.05, 4.69) is 0 Å². The van der Waals surface area contributed by atoms with Gasteiger partial charge in [-0.2, -0.15) is 0 Å². The normalized spacial score (nSPS) is 11.7. The second-order valence-electron chi connectivity index (χ2n) is 7.67. The van der Waals surface area contributed by atoms with E-state index in [9.17, 15) is 14.4 Å². The van der Waals surface area contributed by atoms with Gasteiger partial charge in [-0.05, 0) is 46.5 Å². The van der Waals surface area contributed by atoms with Gasteiger partial charge >= 0.3 is 17.9 Å². The zero-order chi connectivity index (χ0) is 22.5. The van der Waals surface area contributed by atoms with Crippen LogP contribution in [0, 0.1) is 5.92 Å². The predicted octanol–water partition coefficient (Wildman–Crippen LogP) is 5.75. The van der Waals surface area contributed by atoms with E-state index >= 15 is 0 Å². The Bertz CT molecular complexity index is 449. The van der Waals surface area contributed by atoms with E-state index in [1.807, 2.05) is 20.8 Å². The summed E-state index contributed by atoms with van der Waals surface area (Å²) in [6.07, 6.45) is 12.9. The first-order valence-electron chi connectivity index (χ1n) is 12.0. The van der Waals surface area contributed by atoms with Gasteiger partial charge in [-0.25, -0.2) is 0 Å². The number of hydrogen-bond acceptors (Lipinski definition) is 6. The molecule has 0 fully saturated rings. The SMILES string of the molecule is CCOC(=O)CCCCCCCCC(CCCCCCC(=O)OCC)C(=O)OCC. The van der Waals surface area contributed by atoms with Crippen LogP contribution in [0.1, 0.15) is 111 Å². The minimum Gasteiger partial charge on any atom is -0.466 e. The van der Waals surface area contributed by atoms with Crippen LogP contribution in [0.15, 0.2) is 0 Å². The van der Waals surface area contributed by atoms with Crippen LogP contribution in [0.25, 0.3) is 0 Å². The smallest absolute Gasteiger partial charge is 0.308 e. The molecular weight excluding hydrogens is 384 g/mol. The van der Waals surface area contributed by atoms with Gasteiger partial charge in [0, 0.05) is 12.8 Å². The Morgan fingerprint density at radius 3 is 1.30 bits per heavy atom. The van der Waals surface area contributed by atoms with Crippen LogP contribution in [0.5, 0.6) is 0 Å². The molecule has 0 saturated heterocycles. The molecule has 0 N–H and O–H groups in total. The quantitative estimate of drug-likeness (QED) is 0.139. The molecule has 0 rings (SSSR count). The summed E-state index contributed by atoms with van der Waals surface area (Å²) in [6.45, 7) is 6.81. The summed E-state index contributed by atoms with van der Waals surface area (Å²) < 4.78 is 15.1. The van der Waals surface area contributed by atoms with E-state index in [1.54, 1.807) is 0 Å². The molecule has 30 heavy (non-hydrogen) atoms. The Balaban J connectivity index is 3.86. The summed E-state index contributed by atoms with van der Waals surface area (Å²) in [5.74, 6) is -0.309. The molecular formula is C24H44O6. The second kappa shape index (κ2) is 20.7. The maximum Gasteiger partial charge on any atom is 0.308 e. The average Bonchev–Trinajstić information content (AvgIpc) is 2.71. The molecule has 0 bridgehead atoms. The van der Waals surface area contributed by atoms with Crippen molar-refractivity contribution in [3.05, 3.63) is 0 Å². The zero-order valence-corrected chi connectivity index (χ0v) is 19.5. The van der Waals surface area contributed by atoms with Gasteiger partial charge in [0.1, 0.15) is 0 Å². The number of carbonyl (C=O) groups is 3. The lowest BCUT2D eigenvalue weighted by molar-refractivity contribution is -0.148. The molecule has 0 heterocycles. The van der Waals surface area contributed by atoms with Crippen molar-refractivity contribution in [2.45, 2.75) is 111 Å². The van der Waals surface area contributed by atoms with E-state index in [0.717, 1.165) is 77.0 Å². The van der Waals surface area contributed by atoms with E-state index < -0.39 is 0 Å². The molecule has 0 aromatic carbocycles. The van der Waals surface area contributed by atoms with Crippen molar-refractivity contribution in [1.29, 1.82) is 0 Å². The fourth-order valence-corrected chi connectivity index (χ4v) is 3.49. The molecule has 0 radical (unpaired) electrons. The molecule has 0 aliphatic heterocycles. The Hall–Kier alpha value is -1.59. The summed E-state index contributed by atoms with van der Waals surface area (Å²) >= 11 is 0. The van der Waals surface area contributed by atoms with E-state index in [1.165, 1.54) is 0 Å². The molecule has 6 nitrogen and oxygen atoms in total. The molecule has 176 valence electrons. The van der Waals surface area contributed by atoms with Gasteiger partial charge in [-0.1, -0.05) is 51.4 Å². The van der Waals surface area contributed by atoms with Crippen molar-refractivity contribution >= 4 is 17.9 Å². The lowest BCUT2D eigenvalue weighted by Gasteiger charge is -2.15. The van der Waals surface area contributed by atoms with E-state index in [-0.39, 0.29) is 23.8 Å². The van der Waals surface area contributed by atoms with Gasteiger partial charge < -0.3 is 14.2 Å². The molecule has 0 aromatic heterocycles. The van der Waals surface area contributed by atoms with Crippen LogP contribution in [0.3, 0.4) is 0 Å². The highest BCUT2D eigenvalue weighted by molar-refractivity contribution is 5.72. The topological polar surface area (TPSA) is 78.9 Å². The highest BCUT2D eigenvalue weighted by atomic mass is 16.5. The molecule has 1 unspecified atom stereocenters. The first kappa shape index (κ1) is 28.4. The van der Waals surface area contributed by atoms with Gasteiger partial charge in [0.2, 0.25) is 0 Å². The molecule has 6 heteroatoms. The van der Waals surface area contributed by atoms with Crippen molar-refractivity contribution in [3.63, 3.8) is 0 Å². The highest BCUT2D eigenvalue weighted by Gasteiger charge is 2.18. The Morgan fingerprint density at radius 2 is 0.900 bits per heavy atom. The van der Waals surface area contributed by atoms with Gasteiger partial charge in [-0.3, -0.25) is 14.4 Å². The van der Waals surface area contributed by atoms with Crippen molar-refractivity contribution in [2.24, 2.45) is 5.92 Å². The summed E-state index contributed by atoms with van der Waals surface area (Å²) in [7, 11) is 0. The summed E-state index contributed by atoms with van der Waals surface area (Å²) in [5.41, 5.74) is 0. The average molecular weight is 429 g/mol. The Kier molecular flexibility index (Phi) is 19.6. The lowest BCUT2D eigenvalue weighted by atomic mass is 9.94. The third-order valence-corrected chi connectivity index (χ3v) is 5.10. The fraction of sp³-hybridized carbons (Fsp3) is 0.875. The minimum absolute atomic E-state index is 0.0150. The summed E-state index contributed by atoms with van der Waals surface area (Å²) in [6, 6.07) is 0. The van der Waals surface area contributed by atoms with Crippen molar-refractivity contribution in [1.82, 2.24) is 0 Å². The van der Waals surface area contributed by atoms with Crippen molar-refractivity contribution < 1.29 is 28.6 Å². The van der Waals surface area contributed by atoms with E-state index in [4.69, 9.17) is 14.2 Å². The van der Waals surface area contributed by atoms with E-state index in [0.29, 0.717) is 32.7 Å². The maximum absolute atomic E-state index is 12.2. The molecule has 1 atom stereocenters. The monoisotopic (exact) mass is 428 g/mol. The van der Waals surface area contributed by atoms with Crippen LogP contribution in [-0.2, 0) is 28.6 Å². The Morgan fingerprint density at radius 1 is 0.533 bits per heavy atom. The third kappa shape index (κ3) is 17.3. The number of carbonyl (C=O) groups excluding carboxylic acids is 3. The molecule has 0 amide bonds. The minimum atomic E-state index is -0.122. The van der Waals surface area contributed by atoms with Crippen molar-refractivity contribution in [3.8, 4) is 0 Å². The zero-order valence-electron chi connectivity index (χ0n) is 19.5. The second-order valence-corrected chi connectivity index (χ2v) is 7.67. The molecule has 0 spiro atoms. The van der Waals surface area contributed by atoms with Crippen molar-refractivity contribution in [2.75, 3.05) is 19.8 Å². The van der Waals surface area contributed by atoms with Gasteiger partial charge in [0.25, 0.3) is 0 Å². The largest absolute Gasteiger partial charge is 0.466 e. The maximum atomic E-state index is 12.2. The summed E-state index contributed by atoms with van der Waals surface area (Å²) in [4.78, 5) is 34.8.